The van der Waals surface area contributed by atoms with Crippen LogP contribution in [0.15, 0.2) is 12.1 Å². The highest BCUT2D eigenvalue weighted by Gasteiger charge is 2.27. The van der Waals surface area contributed by atoms with E-state index in [1.807, 2.05) is 12.1 Å². The molecule has 0 bridgehead atoms. The number of nitrogens with zero attached hydrogens (tertiary/aromatic N) is 1. The fourth-order valence-electron chi connectivity index (χ4n) is 2.52. The standard InChI is InChI=1S/C14H20N2O3S2/c1-17-11-6-9(7-12(18-2)13(11)19-3)10-8-15-4-5-16(10)14(20)21/h6-7,10,15H,4-5,8H2,1-3H3,(H,20,21). The van der Waals surface area contributed by atoms with Crippen molar-refractivity contribution in [2.75, 3.05) is 41.0 Å². The average molecular weight is 328 g/mol. The van der Waals surface area contributed by atoms with Gasteiger partial charge >= 0.3 is 0 Å². The van der Waals surface area contributed by atoms with Crippen LogP contribution in [0.4, 0.5) is 0 Å². The Balaban J connectivity index is 2.44. The molecule has 1 heterocycles. The molecule has 2 rings (SSSR count). The molecule has 1 saturated heterocycles. The topological polar surface area (TPSA) is 43.0 Å². The molecule has 0 spiro atoms. The normalized spacial score (nSPS) is 18.3. The lowest BCUT2D eigenvalue weighted by Crippen LogP contribution is -2.46. The number of benzene rings is 1. The number of thiol groups is 1. The molecule has 0 radical (unpaired) electrons. The fraction of sp³-hybridized carbons (Fsp3) is 0.500. The van der Waals surface area contributed by atoms with Gasteiger partial charge in [0.2, 0.25) is 5.75 Å². The van der Waals surface area contributed by atoms with Crippen molar-refractivity contribution in [1.29, 1.82) is 0 Å². The van der Waals surface area contributed by atoms with Crippen LogP contribution in [0.1, 0.15) is 11.6 Å². The largest absolute Gasteiger partial charge is 0.493 e. The molecule has 1 N–H and O–H groups in total. The zero-order valence-electron chi connectivity index (χ0n) is 12.4. The molecule has 0 aromatic heterocycles. The Morgan fingerprint density at radius 2 is 1.86 bits per heavy atom. The number of hydrogen-bond acceptors (Lipinski definition) is 5. The Morgan fingerprint density at radius 3 is 2.33 bits per heavy atom. The summed E-state index contributed by atoms with van der Waals surface area (Å²) in [5, 5.41) is 3.37. The van der Waals surface area contributed by atoms with Gasteiger partial charge in [-0.25, -0.2) is 0 Å². The van der Waals surface area contributed by atoms with Crippen LogP contribution >= 0.6 is 24.8 Å². The summed E-state index contributed by atoms with van der Waals surface area (Å²) in [7, 11) is 4.82. The summed E-state index contributed by atoms with van der Waals surface area (Å²) in [5.41, 5.74) is 1.05. The first kappa shape index (κ1) is 16.2. The summed E-state index contributed by atoms with van der Waals surface area (Å²) < 4.78 is 16.8. The second-order valence-electron chi connectivity index (χ2n) is 4.65. The van der Waals surface area contributed by atoms with Crippen LogP contribution in [-0.2, 0) is 0 Å². The Kier molecular flexibility index (Phi) is 5.55. The molecule has 21 heavy (non-hydrogen) atoms. The van der Waals surface area contributed by atoms with Gasteiger partial charge in [0.15, 0.2) is 11.5 Å². The van der Waals surface area contributed by atoms with Gasteiger partial charge in [-0.05, 0) is 17.7 Å². The fourth-order valence-corrected chi connectivity index (χ4v) is 2.98. The van der Waals surface area contributed by atoms with Crippen LogP contribution in [0.3, 0.4) is 0 Å². The lowest BCUT2D eigenvalue weighted by molar-refractivity contribution is 0.267. The maximum atomic E-state index is 5.41. The highest BCUT2D eigenvalue weighted by Crippen LogP contribution is 2.40. The van der Waals surface area contributed by atoms with Gasteiger partial charge in [0.05, 0.1) is 27.4 Å². The Morgan fingerprint density at radius 1 is 1.24 bits per heavy atom. The van der Waals surface area contributed by atoms with Crippen molar-refractivity contribution < 1.29 is 14.2 Å². The van der Waals surface area contributed by atoms with Gasteiger partial charge in [0.25, 0.3) is 0 Å². The molecule has 116 valence electrons. The van der Waals surface area contributed by atoms with E-state index >= 15 is 0 Å². The Labute approximate surface area is 136 Å². The zero-order valence-corrected chi connectivity index (χ0v) is 14.1. The molecule has 1 atom stereocenters. The van der Waals surface area contributed by atoms with Crippen molar-refractivity contribution in [3.63, 3.8) is 0 Å². The molecule has 5 nitrogen and oxygen atoms in total. The SMILES string of the molecule is COc1cc(C2CNCCN2C(=S)S)cc(OC)c1OC. The average Bonchev–Trinajstić information content (AvgIpc) is 2.53. The second kappa shape index (κ2) is 7.20. The molecule has 1 aliphatic heterocycles. The molecular formula is C14H20N2O3S2. The summed E-state index contributed by atoms with van der Waals surface area (Å²) in [6, 6.07) is 4.01. The van der Waals surface area contributed by atoms with Crippen molar-refractivity contribution in [2.45, 2.75) is 6.04 Å². The Bertz CT molecular complexity index is 500. The minimum absolute atomic E-state index is 0.0949. The molecule has 0 amide bonds. The van der Waals surface area contributed by atoms with Crippen molar-refractivity contribution >= 4 is 29.2 Å². The zero-order chi connectivity index (χ0) is 15.4. The quantitative estimate of drug-likeness (QED) is 0.650. The molecule has 1 unspecified atom stereocenters. The third kappa shape index (κ3) is 3.36. The summed E-state index contributed by atoms with van der Waals surface area (Å²) in [6.45, 7) is 2.50. The van der Waals surface area contributed by atoms with Gasteiger partial charge in [-0.3, -0.25) is 0 Å². The van der Waals surface area contributed by atoms with Crippen molar-refractivity contribution in [3.8, 4) is 17.2 Å². The van der Waals surface area contributed by atoms with Gasteiger partial charge in [0.1, 0.15) is 4.32 Å². The highest BCUT2D eigenvalue weighted by molar-refractivity contribution is 8.10. The van der Waals surface area contributed by atoms with E-state index in [1.165, 1.54) is 0 Å². The highest BCUT2D eigenvalue weighted by atomic mass is 32.1. The molecule has 0 saturated carbocycles. The predicted molar refractivity (Wildman–Crippen MR) is 90.0 cm³/mol. The van der Waals surface area contributed by atoms with Crippen LogP contribution in [0.25, 0.3) is 0 Å². The maximum Gasteiger partial charge on any atom is 0.203 e. The molecule has 7 heteroatoms. The minimum Gasteiger partial charge on any atom is -0.493 e. The van der Waals surface area contributed by atoms with E-state index in [0.29, 0.717) is 21.6 Å². The van der Waals surface area contributed by atoms with Gasteiger partial charge in [0, 0.05) is 19.6 Å². The molecular weight excluding hydrogens is 308 g/mol. The van der Waals surface area contributed by atoms with Gasteiger partial charge in [-0.15, -0.1) is 12.6 Å². The maximum absolute atomic E-state index is 5.41. The lowest BCUT2D eigenvalue weighted by Gasteiger charge is -2.37. The summed E-state index contributed by atoms with van der Waals surface area (Å²) in [6.07, 6.45) is 0. The Hall–Kier alpha value is -1.18. The molecule has 1 aromatic rings. The van der Waals surface area contributed by atoms with Gasteiger partial charge in [-0.2, -0.15) is 0 Å². The molecule has 1 aromatic carbocycles. The number of hydrogen-bond donors (Lipinski definition) is 2. The van der Waals surface area contributed by atoms with Crippen molar-refractivity contribution in [3.05, 3.63) is 17.7 Å². The van der Waals surface area contributed by atoms with E-state index < -0.39 is 0 Å². The van der Waals surface area contributed by atoms with E-state index in [4.69, 9.17) is 26.4 Å². The van der Waals surface area contributed by atoms with E-state index in [0.717, 1.165) is 25.2 Å². The first-order valence-corrected chi connectivity index (χ1v) is 7.48. The first-order valence-electron chi connectivity index (χ1n) is 6.62. The minimum atomic E-state index is 0.0949. The second-order valence-corrected chi connectivity index (χ2v) is 5.77. The van der Waals surface area contributed by atoms with E-state index in [-0.39, 0.29) is 6.04 Å². The number of nitrogens with one attached hydrogen (secondary N) is 1. The smallest absolute Gasteiger partial charge is 0.203 e. The van der Waals surface area contributed by atoms with E-state index in [9.17, 15) is 0 Å². The van der Waals surface area contributed by atoms with Crippen LogP contribution < -0.4 is 19.5 Å². The summed E-state index contributed by atoms with van der Waals surface area (Å²) >= 11 is 9.57. The predicted octanol–water partition coefficient (Wildman–Crippen LogP) is 1.87. The van der Waals surface area contributed by atoms with Crippen LogP contribution in [0, 0.1) is 0 Å². The number of thiocarbonyl (C=S) groups is 1. The number of ether oxygens (including phenoxy) is 3. The number of rotatable bonds is 4. The van der Waals surface area contributed by atoms with Crippen LogP contribution in [0.2, 0.25) is 0 Å². The van der Waals surface area contributed by atoms with Crippen molar-refractivity contribution in [1.82, 2.24) is 10.2 Å². The van der Waals surface area contributed by atoms with Crippen LogP contribution in [0.5, 0.6) is 17.2 Å². The lowest BCUT2D eigenvalue weighted by atomic mass is 10.0. The molecule has 0 aliphatic carbocycles. The third-order valence-corrected chi connectivity index (χ3v) is 4.05. The van der Waals surface area contributed by atoms with Crippen LogP contribution in [-0.4, -0.2) is 50.2 Å². The first-order chi connectivity index (χ1) is 10.1. The molecule has 1 fully saturated rings. The summed E-state index contributed by atoms with van der Waals surface area (Å²) in [5.74, 6) is 1.87. The number of methoxy groups -OCH3 is 3. The summed E-state index contributed by atoms with van der Waals surface area (Å²) in [4.78, 5) is 2.09. The van der Waals surface area contributed by atoms with Crippen molar-refractivity contribution in [2.24, 2.45) is 0 Å². The monoisotopic (exact) mass is 328 g/mol. The van der Waals surface area contributed by atoms with E-state index in [2.05, 4.69) is 22.8 Å². The molecule has 1 aliphatic rings. The van der Waals surface area contributed by atoms with E-state index in [1.54, 1.807) is 21.3 Å². The third-order valence-electron chi connectivity index (χ3n) is 3.56. The van der Waals surface area contributed by atoms with Gasteiger partial charge in [-0.1, -0.05) is 12.2 Å². The van der Waals surface area contributed by atoms with Gasteiger partial charge < -0.3 is 24.4 Å². The number of piperazine rings is 1.